The topological polar surface area (TPSA) is 82.8 Å². The molecular weight excluding hydrogens is 322 g/mol. The van der Waals surface area contributed by atoms with Crippen molar-refractivity contribution in [2.45, 2.75) is 6.92 Å². The smallest absolute Gasteiger partial charge is 0.250 e. The Morgan fingerprint density at radius 3 is 2.62 bits per heavy atom. The van der Waals surface area contributed by atoms with E-state index in [4.69, 9.17) is 0 Å². The van der Waals surface area contributed by atoms with E-state index in [1.807, 2.05) is 37.3 Å². The van der Waals surface area contributed by atoms with Gasteiger partial charge in [0.1, 0.15) is 5.82 Å². The lowest BCUT2D eigenvalue weighted by atomic mass is 10.0. The minimum atomic E-state index is -1.40. The van der Waals surface area contributed by atoms with Crippen LogP contribution in [0, 0.1) is 24.2 Å². The summed E-state index contributed by atoms with van der Waals surface area (Å²) in [7, 11) is 0. The minimum Gasteiger partial charge on any atom is -0.309 e. The normalized spacial score (nSPS) is 11.7. The molecule has 0 aliphatic rings. The van der Waals surface area contributed by atoms with Gasteiger partial charge in [0.05, 0.1) is 10.9 Å². The van der Waals surface area contributed by atoms with Crippen molar-refractivity contribution in [3.8, 4) is 6.07 Å². The van der Waals surface area contributed by atoms with E-state index in [-0.39, 0.29) is 0 Å². The molecule has 1 amide bonds. The summed E-state index contributed by atoms with van der Waals surface area (Å²) in [6, 6.07) is 14.5. The summed E-state index contributed by atoms with van der Waals surface area (Å²) >= 11 is 1.30. The van der Waals surface area contributed by atoms with E-state index < -0.39 is 17.6 Å². The quantitative estimate of drug-likeness (QED) is 0.583. The molecule has 2 heterocycles. The number of nitriles is 1. The van der Waals surface area contributed by atoms with Crippen molar-refractivity contribution in [1.29, 1.82) is 5.26 Å². The number of fused-ring (bicyclic) bond motifs is 1. The van der Waals surface area contributed by atoms with E-state index in [0.717, 1.165) is 15.6 Å². The number of ketones is 1. The van der Waals surface area contributed by atoms with Crippen LogP contribution in [0.5, 0.6) is 0 Å². The third-order valence-electron chi connectivity index (χ3n) is 3.64. The Kier molecular flexibility index (Phi) is 4.36. The second-order valence-corrected chi connectivity index (χ2v) is 6.24. The number of rotatable bonds is 4. The Bertz CT molecular complexity index is 957. The van der Waals surface area contributed by atoms with E-state index in [1.54, 1.807) is 18.2 Å². The van der Waals surface area contributed by atoms with Crippen molar-refractivity contribution in [2.75, 3.05) is 5.32 Å². The van der Waals surface area contributed by atoms with Crippen molar-refractivity contribution >= 4 is 38.9 Å². The Labute approximate surface area is 142 Å². The van der Waals surface area contributed by atoms with Gasteiger partial charge < -0.3 is 5.32 Å². The number of nitrogens with one attached hydrogen (secondary N) is 1. The third kappa shape index (κ3) is 2.90. The summed E-state index contributed by atoms with van der Waals surface area (Å²) in [5.41, 5.74) is 0.798. The van der Waals surface area contributed by atoms with Gasteiger partial charge in [-0.15, -0.1) is 11.3 Å². The molecule has 0 aliphatic carbocycles. The van der Waals surface area contributed by atoms with Gasteiger partial charge in [0.25, 0.3) is 5.91 Å². The largest absolute Gasteiger partial charge is 0.309 e. The van der Waals surface area contributed by atoms with Crippen LogP contribution in [-0.4, -0.2) is 16.7 Å². The van der Waals surface area contributed by atoms with E-state index in [1.165, 1.54) is 17.5 Å². The number of nitrogens with zero attached hydrogens (tertiary/aromatic N) is 2. The summed E-state index contributed by atoms with van der Waals surface area (Å²) in [5, 5.41) is 12.8. The first-order valence-corrected chi connectivity index (χ1v) is 8.07. The Morgan fingerprint density at radius 2 is 1.96 bits per heavy atom. The number of Topliss-reactive ketones (excluding diaryl/α,β-unsaturated/α-hetero) is 1. The predicted octanol–water partition coefficient (Wildman–Crippen LogP) is 3.57. The van der Waals surface area contributed by atoms with Crippen molar-refractivity contribution in [3.63, 3.8) is 0 Å². The fraction of sp³-hybridized carbons (Fsp3) is 0.111. The van der Waals surface area contributed by atoms with Crippen LogP contribution in [0.3, 0.4) is 0 Å². The number of amides is 1. The minimum absolute atomic E-state index is 0.309. The fourth-order valence-corrected chi connectivity index (χ4v) is 3.59. The Balaban J connectivity index is 1.90. The highest BCUT2D eigenvalue weighted by molar-refractivity contribution is 7.21. The van der Waals surface area contributed by atoms with Gasteiger partial charge in [0, 0.05) is 10.9 Å². The van der Waals surface area contributed by atoms with Crippen LogP contribution in [-0.2, 0) is 4.79 Å². The number of pyridine rings is 1. The predicted molar refractivity (Wildman–Crippen MR) is 92.9 cm³/mol. The van der Waals surface area contributed by atoms with E-state index in [2.05, 4.69) is 10.3 Å². The van der Waals surface area contributed by atoms with Gasteiger partial charge in [0.15, 0.2) is 11.7 Å². The molecule has 3 rings (SSSR count). The number of thiophene rings is 1. The van der Waals surface area contributed by atoms with Crippen molar-refractivity contribution in [3.05, 3.63) is 59.1 Å². The molecule has 3 aromatic rings. The third-order valence-corrected chi connectivity index (χ3v) is 4.92. The number of hydrogen-bond acceptors (Lipinski definition) is 5. The lowest BCUT2D eigenvalue weighted by Gasteiger charge is -2.08. The molecule has 0 fully saturated rings. The van der Waals surface area contributed by atoms with Crippen molar-refractivity contribution in [1.82, 2.24) is 4.98 Å². The first-order chi connectivity index (χ1) is 11.6. The molecule has 0 bridgehead atoms. The molecule has 1 aromatic carbocycles. The highest BCUT2D eigenvalue weighted by Gasteiger charge is 2.30. The molecule has 118 valence electrons. The van der Waals surface area contributed by atoms with Gasteiger partial charge in [-0.25, -0.2) is 4.98 Å². The Hall–Kier alpha value is -3.04. The summed E-state index contributed by atoms with van der Waals surface area (Å²) in [6.07, 6.45) is 1.52. The second-order valence-electron chi connectivity index (χ2n) is 5.18. The number of anilines is 1. The zero-order valence-corrected chi connectivity index (χ0v) is 13.6. The van der Waals surface area contributed by atoms with Gasteiger partial charge in [-0.05, 0) is 36.1 Å². The molecule has 1 N–H and O–H groups in total. The lowest BCUT2D eigenvalue weighted by Crippen LogP contribution is -2.28. The van der Waals surface area contributed by atoms with Crippen LogP contribution in [0.2, 0.25) is 0 Å². The molecule has 2 aromatic heterocycles. The second kappa shape index (κ2) is 6.60. The van der Waals surface area contributed by atoms with Gasteiger partial charge in [-0.2, -0.15) is 5.26 Å². The SMILES string of the molecule is Cc1c(C(=O)[C@H](C#N)C(=O)Nc2ccccn2)sc2ccccc12. The highest BCUT2D eigenvalue weighted by atomic mass is 32.1. The van der Waals surface area contributed by atoms with E-state index >= 15 is 0 Å². The molecule has 0 saturated carbocycles. The summed E-state index contributed by atoms with van der Waals surface area (Å²) in [4.78, 5) is 29.4. The molecule has 1 atom stereocenters. The van der Waals surface area contributed by atoms with Crippen molar-refractivity contribution in [2.24, 2.45) is 5.92 Å². The molecule has 6 heteroatoms. The van der Waals surface area contributed by atoms with Crippen LogP contribution in [0.1, 0.15) is 15.2 Å². The number of benzene rings is 1. The van der Waals surface area contributed by atoms with Crippen LogP contribution in [0.25, 0.3) is 10.1 Å². The first kappa shape index (κ1) is 15.8. The Morgan fingerprint density at radius 1 is 1.21 bits per heavy atom. The van der Waals surface area contributed by atoms with E-state index in [9.17, 15) is 14.9 Å². The molecule has 0 aliphatic heterocycles. The van der Waals surface area contributed by atoms with Crippen molar-refractivity contribution < 1.29 is 9.59 Å². The van der Waals surface area contributed by atoms with Crippen LogP contribution < -0.4 is 5.32 Å². The van der Waals surface area contributed by atoms with Crippen LogP contribution >= 0.6 is 11.3 Å². The zero-order chi connectivity index (χ0) is 17.1. The number of carbonyl (C=O) groups excluding carboxylic acids is 2. The summed E-state index contributed by atoms with van der Waals surface area (Å²) < 4.78 is 0.958. The summed E-state index contributed by atoms with van der Waals surface area (Å²) in [5.74, 6) is -2.25. The lowest BCUT2D eigenvalue weighted by molar-refractivity contribution is -0.117. The molecule has 0 unspecified atom stereocenters. The molecule has 24 heavy (non-hydrogen) atoms. The van der Waals surface area contributed by atoms with E-state index in [0.29, 0.717) is 10.7 Å². The number of carbonyl (C=O) groups is 2. The van der Waals surface area contributed by atoms with Crippen LogP contribution in [0.15, 0.2) is 48.7 Å². The average molecular weight is 335 g/mol. The number of aryl methyl sites for hydroxylation is 1. The average Bonchev–Trinajstić information content (AvgIpc) is 2.93. The molecule has 0 spiro atoms. The maximum atomic E-state index is 12.7. The summed E-state index contributed by atoms with van der Waals surface area (Å²) in [6.45, 7) is 1.83. The molecule has 0 radical (unpaired) electrons. The molecule has 0 saturated heterocycles. The molecule has 5 nitrogen and oxygen atoms in total. The monoisotopic (exact) mass is 335 g/mol. The highest BCUT2D eigenvalue weighted by Crippen LogP contribution is 2.32. The molecular formula is C18H13N3O2S. The van der Waals surface area contributed by atoms with Gasteiger partial charge >= 0.3 is 0 Å². The standard InChI is InChI=1S/C18H13N3O2S/c1-11-12-6-2-3-7-14(12)24-17(11)16(22)13(10-19)18(23)21-15-8-4-5-9-20-15/h2-9,13H,1H3,(H,20,21,23)/t13-/m0/s1. The maximum Gasteiger partial charge on any atom is 0.250 e. The number of hydrogen-bond donors (Lipinski definition) is 1. The first-order valence-electron chi connectivity index (χ1n) is 7.25. The zero-order valence-electron chi connectivity index (χ0n) is 12.8. The fourth-order valence-electron chi connectivity index (χ4n) is 2.41. The van der Waals surface area contributed by atoms with Gasteiger partial charge in [-0.3, -0.25) is 9.59 Å². The maximum absolute atomic E-state index is 12.7. The van der Waals surface area contributed by atoms with Crippen LogP contribution in [0.4, 0.5) is 5.82 Å². The van der Waals surface area contributed by atoms with Gasteiger partial charge in [0.2, 0.25) is 0 Å². The van der Waals surface area contributed by atoms with Gasteiger partial charge in [-0.1, -0.05) is 24.3 Å². The number of aromatic nitrogens is 1.